The first-order valence-corrected chi connectivity index (χ1v) is 5.67. The van der Waals surface area contributed by atoms with Gasteiger partial charge in [-0.3, -0.25) is 4.79 Å². The highest BCUT2D eigenvalue weighted by Crippen LogP contribution is 2.24. The molecular formula is C13H19NO4. The molecule has 0 bridgehead atoms. The molecule has 1 N–H and O–H groups in total. The van der Waals surface area contributed by atoms with Crippen LogP contribution in [0.25, 0.3) is 0 Å². The van der Waals surface area contributed by atoms with Crippen LogP contribution in [-0.2, 0) is 4.74 Å². The number of carbonyl (C=O) groups is 1. The smallest absolute Gasteiger partial charge is 0.180 e. The second kappa shape index (κ2) is 7.68. The van der Waals surface area contributed by atoms with Crippen molar-refractivity contribution in [2.75, 3.05) is 41.0 Å². The summed E-state index contributed by atoms with van der Waals surface area (Å²) < 4.78 is 15.2. The lowest BCUT2D eigenvalue weighted by Gasteiger charge is -2.10. The lowest BCUT2D eigenvalue weighted by atomic mass is 10.1. The number of Topliss-reactive ketones (excluding diaryl/α,β-unsaturated/α-hetero) is 1. The van der Waals surface area contributed by atoms with Gasteiger partial charge < -0.3 is 19.5 Å². The molecule has 1 aromatic rings. The zero-order valence-electron chi connectivity index (χ0n) is 11.0. The van der Waals surface area contributed by atoms with E-state index in [2.05, 4.69) is 5.32 Å². The zero-order valence-corrected chi connectivity index (χ0v) is 11.0. The molecule has 0 saturated carbocycles. The minimum Gasteiger partial charge on any atom is -0.497 e. The van der Waals surface area contributed by atoms with E-state index >= 15 is 0 Å². The summed E-state index contributed by atoms with van der Waals surface area (Å²) in [5.74, 6) is 1.15. The fourth-order valence-corrected chi connectivity index (χ4v) is 1.50. The summed E-state index contributed by atoms with van der Waals surface area (Å²) in [4.78, 5) is 12.0. The van der Waals surface area contributed by atoms with Crippen LogP contribution in [0.1, 0.15) is 10.4 Å². The zero-order chi connectivity index (χ0) is 13.4. The number of hydrogen-bond acceptors (Lipinski definition) is 5. The Kier molecular flexibility index (Phi) is 6.18. The van der Waals surface area contributed by atoms with Crippen molar-refractivity contribution in [3.8, 4) is 11.5 Å². The predicted octanol–water partition coefficient (Wildman–Crippen LogP) is 1.12. The molecule has 1 aromatic carbocycles. The summed E-state index contributed by atoms with van der Waals surface area (Å²) in [5.41, 5.74) is 0.516. The molecule has 0 fully saturated rings. The van der Waals surface area contributed by atoms with Gasteiger partial charge >= 0.3 is 0 Å². The Balaban J connectivity index is 2.70. The molecular weight excluding hydrogens is 234 g/mol. The summed E-state index contributed by atoms with van der Waals surface area (Å²) in [5, 5.41) is 3.00. The molecule has 0 aliphatic carbocycles. The Morgan fingerprint density at radius 3 is 2.61 bits per heavy atom. The topological polar surface area (TPSA) is 56.8 Å². The van der Waals surface area contributed by atoms with E-state index in [1.807, 2.05) is 0 Å². The van der Waals surface area contributed by atoms with E-state index in [0.717, 1.165) is 0 Å². The van der Waals surface area contributed by atoms with Crippen LogP contribution in [0.5, 0.6) is 11.5 Å². The first-order chi connectivity index (χ1) is 8.72. The maximum absolute atomic E-state index is 12.0. The lowest BCUT2D eigenvalue weighted by Crippen LogP contribution is -2.26. The first-order valence-electron chi connectivity index (χ1n) is 5.67. The third-order valence-electron chi connectivity index (χ3n) is 2.48. The number of hydrogen-bond donors (Lipinski definition) is 1. The monoisotopic (exact) mass is 253 g/mol. The van der Waals surface area contributed by atoms with Crippen molar-refractivity contribution in [2.45, 2.75) is 0 Å². The largest absolute Gasteiger partial charge is 0.497 e. The molecule has 0 amide bonds. The Hall–Kier alpha value is -1.59. The third kappa shape index (κ3) is 4.01. The van der Waals surface area contributed by atoms with E-state index in [0.29, 0.717) is 30.2 Å². The molecule has 0 aliphatic heterocycles. The van der Waals surface area contributed by atoms with Gasteiger partial charge in [0.2, 0.25) is 0 Å². The van der Waals surface area contributed by atoms with Gasteiger partial charge in [-0.1, -0.05) is 0 Å². The van der Waals surface area contributed by atoms with Gasteiger partial charge in [0, 0.05) is 13.7 Å². The van der Waals surface area contributed by atoms with Crippen LogP contribution in [0.3, 0.4) is 0 Å². The molecule has 0 heterocycles. The fourth-order valence-electron chi connectivity index (χ4n) is 1.50. The normalized spacial score (nSPS) is 10.2. The number of benzene rings is 1. The van der Waals surface area contributed by atoms with Crippen molar-refractivity contribution in [2.24, 2.45) is 0 Å². The Morgan fingerprint density at radius 1 is 1.22 bits per heavy atom. The van der Waals surface area contributed by atoms with Crippen LogP contribution in [-0.4, -0.2) is 46.8 Å². The van der Waals surface area contributed by atoms with Crippen LogP contribution in [0, 0.1) is 0 Å². The number of nitrogens with one attached hydrogen (secondary N) is 1. The molecule has 0 spiro atoms. The van der Waals surface area contributed by atoms with E-state index in [1.165, 1.54) is 7.11 Å². The van der Waals surface area contributed by atoms with Crippen molar-refractivity contribution < 1.29 is 19.0 Å². The molecule has 0 saturated heterocycles. The molecule has 18 heavy (non-hydrogen) atoms. The van der Waals surface area contributed by atoms with E-state index in [4.69, 9.17) is 14.2 Å². The quantitative estimate of drug-likeness (QED) is 0.556. The SMILES string of the molecule is COCCNCC(=O)c1cc(OC)ccc1OC. The standard InChI is InChI=1S/C13H19NO4/c1-16-7-6-14-9-12(15)11-8-10(17-2)4-5-13(11)18-3/h4-5,8,14H,6-7,9H2,1-3H3. The maximum atomic E-state index is 12.0. The maximum Gasteiger partial charge on any atom is 0.180 e. The Bertz CT molecular complexity index is 393. The first kappa shape index (κ1) is 14.5. The third-order valence-corrected chi connectivity index (χ3v) is 2.48. The van der Waals surface area contributed by atoms with Crippen molar-refractivity contribution in [3.05, 3.63) is 23.8 Å². The average Bonchev–Trinajstić information content (AvgIpc) is 2.42. The summed E-state index contributed by atoms with van der Waals surface area (Å²) in [7, 11) is 4.72. The summed E-state index contributed by atoms with van der Waals surface area (Å²) in [6, 6.07) is 5.16. The summed E-state index contributed by atoms with van der Waals surface area (Å²) in [6.45, 7) is 1.45. The van der Waals surface area contributed by atoms with Crippen molar-refractivity contribution in [1.82, 2.24) is 5.32 Å². The van der Waals surface area contributed by atoms with Gasteiger partial charge in [-0.25, -0.2) is 0 Å². The Morgan fingerprint density at radius 2 is 2.00 bits per heavy atom. The molecule has 0 aliphatic rings. The van der Waals surface area contributed by atoms with E-state index in [1.54, 1.807) is 32.4 Å². The highest BCUT2D eigenvalue weighted by molar-refractivity contribution is 6.00. The van der Waals surface area contributed by atoms with Crippen LogP contribution in [0.2, 0.25) is 0 Å². The molecule has 1 rings (SSSR count). The van der Waals surface area contributed by atoms with E-state index < -0.39 is 0 Å². The van der Waals surface area contributed by atoms with Gasteiger partial charge in [0.05, 0.1) is 32.9 Å². The highest BCUT2D eigenvalue weighted by atomic mass is 16.5. The molecule has 0 radical (unpaired) electrons. The second-order valence-electron chi connectivity index (χ2n) is 3.66. The number of ether oxygens (including phenoxy) is 3. The van der Waals surface area contributed by atoms with Gasteiger partial charge in [0.15, 0.2) is 5.78 Å². The van der Waals surface area contributed by atoms with Gasteiger partial charge in [0.25, 0.3) is 0 Å². The Labute approximate surface area is 107 Å². The molecule has 0 unspecified atom stereocenters. The molecule has 5 nitrogen and oxygen atoms in total. The van der Waals surface area contributed by atoms with Gasteiger partial charge in [0.1, 0.15) is 11.5 Å². The second-order valence-corrected chi connectivity index (χ2v) is 3.66. The predicted molar refractivity (Wildman–Crippen MR) is 68.6 cm³/mol. The van der Waals surface area contributed by atoms with Gasteiger partial charge in [-0.05, 0) is 18.2 Å². The molecule has 0 atom stereocenters. The van der Waals surface area contributed by atoms with E-state index in [9.17, 15) is 4.79 Å². The minimum atomic E-state index is -0.0400. The fraction of sp³-hybridized carbons (Fsp3) is 0.462. The number of rotatable bonds is 8. The van der Waals surface area contributed by atoms with Gasteiger partial charge in [-0.2, -0.15) is 0 Å². The van der Waals surface area contributed by atoms with Gasteiger partial charge in [-0.15, -0.1) is 0 Å². The number of carbonyl (C=O) groups excluding carboxylic acids is 1. The number of methoxy groups -OCH3 is 3. The van der Waals surface area contributed by atoms with Crippen LogP contribution >= 0.6 is 0 Å². The number of ketones is 1. The minimum absolute atomic E-state index is 0.0400. The van der Waals surface area contributed by atoms with Crippen molar-refractivity contribution >= 4 is 5.78 Å². The molecule has 0 aromatic heterocycles. The summed E-state index contributed by atoms with van der Waals surface area (Å²) in [6.07, 6.45) is 0. The van der Waals surface area contributed by atoms with Crippen LogP contribution < -0.4 is 14.8 Å². The average molecular weight is 253 g/mol. The van der Waals surface area contributed by atoms with E-state index in [-0.39, 0.29) is 12.3 Å². The van der Waals surface area contributed by atoms with Crippen molar-refractivity contribution in [3.63, 3.8) is 0 Å². The molecule has 100 valence electrons. The highest BCUT2D eigenvalue weighted by Gasteiger charge is 2.13. The lowest BCUT2D eigenvalue weighted by molar-refractivity contribution is 0.0984. The van der Waals surface area contributed by atoms with Crippen LogP contribution in [0.15, 0.2) is 18.2 Å². The van der Waals surface area contributed by atoms with Crippen LogP contribution in [0.4, 0.5) is 0 Å². The van der Waals surface area contributed by atoms with Crippen molar-refractivity contribution in [1.29, 1.82) is 0 Å². The summed E-state index contributed by atoms with van der Waals surface area (Å²) >= 11 is 0. The molecule has 5 heteroatoms.